The van der Waals surface area contributed by atoms with Gasteiger partial charge < -0.3 is 0 Å². The van der Waals surface area contributed by atoms with E-state index in [1.165, 1.54) is 12.3 Å². The molecule has 0 aliphatic carbocycles. The van der Waals surface area contributed by atoms with Crippen molar-refractivity contribution in [3.05, 3.63) is 63.9 Å². The highest BCUT2D eigenvalue weighted by molar-refractivity contribution is 6.37. The SMILES string of the molecule is O=C(c1ccccc1)c1ncc(Cl)cc1Cl. The molecule has 0 radical (unpaired) electrons. The maximum absolute atomic E-state index is 12.0. The molecule has 2 rings (SSSR count). The van der Waals surface area contributed by atoms with Gasteiger partial charge in [0.25, 0.3) is 0 Å². The fourth-order valence-electron chi connectivity index (χ4n) is 1.31. The predicted octanol–water partition coefficient (Wildman–Crippen LogP) is 3.62. The summed E-state index contributed by atoms with van der Waals surface area (Å²) in [5, 5.41) is 0.677. The molecule has 0 saturated carbocycles. The fourth-order valence-corrected chi connectivity index (χ4v) is 1.77. The molecule has 16 heavy (non-hydrogen) atoms. The molecule has 1 aromatic heterocycles. The third-order valence-electron chi connectivity index (χ3n) is 2.06. The Morgan fingerprint density at radius 2 is 1.81 bits per heavy atom. The number of hydrogen-bond acceptors (Lipinski definition) is 2. The summed E-state index contributed by atoms with van der Waals surface area (Å²) in [6.45, 7) is 0. The number of aromatic nitrogens is 1. The topological polar surface area (TPSA) is 30.0 Å². The van der Waals surface area contributed by atoms with Crippen LogP contribution in [0.1, 0.15) is 16.1 Å². The fraction of sp³-hybridized carbons (Fsp3) is 0. The van der Waals surface area contributed by atoms with Crippen LogP contribution >= 0.6 is 23.2 Å². The lowest BCUT2D eigenvalue weighted by molar-refractivity contribution is 0.103. The van der Waals surface area contributed by atoms with Crippen molar-refractivity contribution in [2.75, 3.05) is 0 Å². The van der Waals surface area contributed by atoms with Gasteiger partial charge in [-0.2, -0.15) is 0 Å². The number of ketones is 1. The Morgan fingerprint density at radius 1 is 1.12 bits per heavy atom. The molecule has 0 atom stereocenters. The summed E-state index contributed by atoms with van der Waals surface area (Å²) in [6, 6.07) is 10.4. The number of rotatable bonds is 2. The smallest absolute Gasteiger partial charge is 0.212 e. The van der Waals surface area contributed by atoms with Crippen LogP contribution < -0.4 is 0 Å². The number of nitrogens with zero attached hydrogens (tertiary/aromatic N) is 1. The molecule has 2 aromatic rings. The summed E-state index contributed by atoms with van der Waals surface area (Å²) in [5.41, 5.74) is 0.775. The van der Waals surface area contributed by atoms with Gasteiger partial charge >= 0.3 is 0 Å². The number of hydrogen-bond donors (Lipinski definition) is 0. The van der Waals surface area contributed by atoms with E-state index in [1.807, 2.05) is 6.07 Å². The van der Waals surface area contributed by atoms with Crippen LogP contribution in [0.15, 0.2) is 42.6 Å². The van der Waals surface area contributed by atoms with Crippen molar-refractivity contribution >= 4 is 29.0 Å². The Labute approximate surface area is 103 Å². The number of pyridine rings is 1. The van der Waals surface area contributed by atoms with Crippen LogP contribution in [0, 0.1) is 0 Å². The molecule has 80 valence electrons. The van der Waals surface area contributed by atoms with Gasteiger partial charge in [-0.3, -0.25) is 4.79 Å². The van der Waals surface area contributed by atoms with E-state index in [-0.39, 0.29) is 16.5 Å². The minimum atomic E-state index is -0.206. The van der Waals surface area contributed by atoms with Crippen molar-refractivity contribution in [1.29, 1.82) is 0 Å². The second-order valence-electron chi connectivity index (χ2n) is 3.18. The van der Waals surface area contributed by atoms with Gasteiger partial charge in [-0.15, -0.1) is 0 Å². The molecule has 0 aliphatic rings. The van der Waals surface area contributed by atoms with Crippen molar-refractivity contribution in [1.82, 2.24) is 4.98 Å². The summed E-state index contributed by atoms with van der Waals surface area (Å²) in [6.07, 6.45) is 1.41. The summed E-state index contributed by atoms with van der Waals surface area (Å²) in [4.78, 5) is 15.9. The average Bonchev–Trinajstić information content (AvgIpc) is 2.29. The molecule has 0 fully saturated rings. The first-order chi connectivity index (χ1) is 7.68. The Morgan fingerprint density at radius 3 is 2.44 bits per heavy atom. The molecule has 0 bridgehead atoms. The van der Waals surface area contributed by atoms with Gasteiger partial charge in [0, 0.05) is 11.8 Å². The van der Waals surface area contributed by atoms with Crippen LogP contribution in [-0.2, 0) is 0 Å². The predicted molar refractivity (Wildman–Crippen MR) is 64.1 cm³/mol. The summed E-state index contributed by atoms with van der Waals surface area (Å²) in [7, 11) is 0. The summed E-state index contributed by atoms with van der Waals surface area (Å²) >= 11 is 11.6. The standard InChI is InChI=1S/C12H7Cl2NO/c13-9-6-10(14)11(15-7-9)12(16)8-4-2-1-3-5-8/h1-7H. The van der Waals surface area contributed by atoms with Crippen molar-refractivity contribution in [2.45, 2.75) is 0 Å². The Hall–Kier alpha value is -1.38. The van der Waals surface area contributed by atoms with Crippen molar-refractivity contribution < 1.29 is 4.79 Å². The molecular weight excluding hydrogens is 245 g/mol. The van der Waals surface area contributed by atoms with E-state index in [1.54, 1.807) is 24.3 Å². The second kappa shape index (κ2) is 4.64. The van der Waals surface area contributed by atoms with E-state index < -0.39 is 0 Å². The normalized spacial score (nSPS) is 10.1. The van der Waals surface area contributed by atoms with Crippen LogP contribution in [0.25, 0.3) is 0 Å². The van der Waals surface area contributed by atoms with E-state index >= 15 is 0 Å². The highest BCUT2D eigenvalue weighted by Gasteiger charge is 2.14. The first kappa shape index (κ1) is 11.1. The average molecular weight is 252 g/mol. The van der Waals surface area contributed by atoms with Gasteiger partial charge in [0.1, 0.15) is 5.69 Å². The number of carbonyl (C=O) groups is 1. The quantitative estimate of drug-likeness (QED) is 0.764. The monoisotopic (exact) mass is 251 g/mol. The van der Waals surface area contributed by atoms with Gasteiger partial charge in [-0.25, -0.2) is 4.98 Å². The summed E-state index contributed by atoms with van der Waals surface area (Å²) in [5.74, 6) is -0.206. The Balaban J connectivity index is 2.42. The molecule has 0 spiro atoms. The van der Waals surface area contributed by atoms with Gasteiger partial charge in [0.15, 0.2) is 0 Å². The van der Waals surface area contributed by atoms with Gasteiger partial charge in [0.05, 0.1) is 10.0 Å². The van der Waals surface area contributed by atoms with E-state index in [2.05, 4.69) is 4.98 Å². The van der Waals surface area contributed by atoms with E-state index in [4.69, 9.17) is 23.2 Å². The number of halogens is 2. The van der Waals surface area contributed by atoms with Crippen molar-refractivity contribution in [3.63, 3.8) is 0 Å². The largest absolute Gasteiger partial charge is 0.287 e. The van der Waals surface area contributed by atoms with Gasteiger partial charge in [-0.1, -0.05) is 53.5 Å². The van der Waals surface area contributed by atoms with Crippen LogP contribution in [0.3, 0.4) is 0 Å². The number of benzene rings is 1. The molecule has 2 nitrogen and oxygen atoms in total. The Bertz CT molecular complexity index is 526. The van der Waals surface area contributed by atoms with Crippen LogP contribution in [0.5, 0.6) is 0 Å². The lowest BCUT2D eigenvalue weighted by Gasteiger charge is -2.02. The molecule has 4 heteroatoms. The van der Waals surface area contributed by atoms with Crippen LogP contribution in [0.4, 0.5) is 0 Å². The zero-order valence-electron chi connectivity index (χ0n) is 8.15. The molecule has 0 aliphatic heterocycles. The first-order valence-corrected chi connectivity index (χ1v) is 5.35. The maximum Gasteiger partial charge on any atom is 0.212 e. The molecule has 1 aromatic carbocycles. The Kier molecular flexibility index (Phi) is 3.22. The first-order valence-electron chi connectivity index (χ1n) is 4.59. The molecule has 0 saturated heterocycles. The molecule has 0 amide bonds. The molecule has 0 unspecified atom stereocenters. The maximum atomic E-state index is 12.0. The lowest BCUT2D eigenvalue weighted by Crippen LogP contribution is -2.04. The summed E-state index contributed by atoms with van der Waals surface area (Å²) < 4.78 is 0. The zero-order chi connectivity index (χ0) is 11.5. The molecular formula is C12H7Cl2NO. The zero-order valence-corrected chi connectivity index (χ0v) is 9.66. The third kappa shape index (κ3) is 2.23. The van der Waals surface area contributed by atoms with E-state index in [9.17, 15) is 4.79 Å². The van der Waals surface area contributed by atoms with Crippen molar-refractivity contribution in [2.24, 2.45) is 0 Å². The lowest BCUT2D eigenvalue weighted by atomic mass is 10.1. The molecule has 1 heterocycles. The highest BCUT2D eigenvalue weighted by Crippen LogP contribution is 2.20. The number of carbonyl (C=O) groups excluding carboxylic acids is 1. The van der Waals surface area contributed by atoms with E-state index in [0.717, 1.165) is 0 Å². The van der Waals surface area contributed by atoms with Crippen molar-refractivity contribution in [3.8, 4) is 0 Å². The van der Waals surface area contributed by atoms with Crippen LogP contribution in [0.2, 0.25) is 10.0 Å². The van der Waals surface area contributed by atoms with E-state index in [0.29, 0.717) is 10.6 Å². The molecule has 0 N–H and O–H groups in total. The van der Waals surface area contributed by atoms with Gasteiger partial charge in [0.2, 0.25) is 5.78 Å². The second-order valence-corrected chi connectivity index (χ2v) is 4.02. The minimum Gasteiger partial charge on any atom is -0.287 e. The highest BCUT2D eigenvalue weighted by atomic mass is 35.5. The third-order valence-corrected chi connectivity index (χ3v) is 2.55. The van der Waals surface area contributed by atoms with Crippen LogP contribution in [-0.4, -0.2) is 10.8 Å². The minimum absolute atomic E-state index is 0.206. The van der Waals surface area contributed by atoms with Gasteiger partial charge in [-0.05, 0) is 6.07 Å².